The van der Waals surface area contributed by atoms with E-state index in [1.807, 2.05) is 17.5 Å². The molecule has 1 heterocycles. The Morgan fingerprint density at radius 3 is 2.67 bits per heavy atom. The van der Waals surface area contributed by atoms with Crippen LogP contribution in [0, 0.1) is 5.92 Å². The summed E-state index contributed by atoms with van der Waals surface area (Å²) in [5, 5.41) is 7.98. The molecule has 0 aromatic carbocycles. The van der Waals surface area contributed by atoms with Gasteiger partial charge in [0.05, 0.1) is 11.6 Å². The van der Waals surface area contributed by atoms with Crippen LogP contribution in [-0.4, -0.2) is 55.6 Å². The highest BCUT2D eigenvalue weighted by Crippen LogP contribution is 2.34. The molecule has 1 atom stereocenters. The van der Waals surface area contributed by atoms with Crippen LogP contribution >= 0.6 is 35.3 Å². The molecule has 1 saturated carbocycles. The average molecular weight is 465 g/mol. The molecule has 0 amide bonds. The minimum absolute atomic E-state index is 0. The molecular weight excluding hydrogens is 433 g/mol. The number of thiazole rings is 1. The second-order valence-electron chi connectivity index (χ2n) is 6.34. The summed E-state index contributed by atoms with van der Waals surface area (Å²) in [5.41, 5.74) is 0. The first-order chi connectivity index (χ1) is 11.1. The minimum atomic E-state index is 0. The molecule has 0 saturated heterocycles. The third kappa shape index (κ3) is 7.23. The first-order valence-electron chi connectivity index (χ1n) is 8.76. The molecule has 138 valence electrons. The maximum Gasteiger partial charge on any atom is 0.191 e. The van der Waals surface area contributed by atoms with Crippen molar-refractivity contribution in [3.63, 3.8) is 0 Å². The Balaban J connectivity index is 0.00000288. The van der Waals surface area contributed by atoms with Gasteiger partial charge in [-0.15, -0.1) is 35.3 Å². The molecule has 2 N–H and O–H groups in total. The van der Waals surface area contributed by atoms with Gasteiger partial charge < -0.3 is 15.5 Å². The second-order valence-corrected chi connectivity index (χ2v) is 7.54. The molecule has 0 aliphatic heterocycles. The van der Waals surface area contributed by atoms with Crippen molar-refractivity contribution in [2.45, 2.75) is 45.6 Å². The average Bonchev–Trinajstić information content (AvgIpc) is 3.25. The summed E-state index contributed by atoms with van der Waals surface area (Å²) in [4.78, 5) is 12.9. The van der Waals surface area contributed by atoms with Crippen LogP contribution in [0.1, 0.15) is 36.6 Å². The van der Waals surface area contributed by atoms with E-state index in [0.29, 0.717) is 6.04 Å². The molecule has 0 bridgehead atoms. The fourth-order valence-corrected chi connectivity index (χ4v) is 3.52. The number of likely N-dealkylation sites (N-methyl/N-ethyl adjacent to an activating group) is 1. The molecule has 1 aromatic heterocycles. The molecule has 5 nitrogen and oxygen atoms in total. The van der Waals surface area contributed by atoms with Gasteiger partial charge in [-0.05, 0) is 46.2 Å². The summed E-state index contributed by atoms with van der Waals surface area (Å²) in [6.45, 7) is 6.91. The molecule has 1 aromatic rings. The Hall–Kier alpha value is -0.410. The summed E-state index contributed by atoms with van der Waals surface area (Å²) in [6.07, 6.45) is 6.73. The van der Waals surface area contributed by atoms with Crippen molar-refractivity contribution < 1.29 is 0 Å². The molecule has 0 spiro atoms. The van der Waals surface area contributed by atoms with E-state index in [9.17, 15) is 0 Å². The topological polar surface area (TPSA) is 52.6 Å². The van der Waals surface area contributed by atoms with E-state index in [4.69, 9.17) is 4.99 Å². The number of aliphatic imine (C=N–C) groups is 1. The highest BCUT2D eigenvalue weighted by molar-refractivity contribution is 14.0. The summed E-state index contributed by atoms with van der Waals surface area (Å²) in [6, 6.07) is 0.566. The third-order valence-corrected chi connectivity index (χ3v) is 5.39. The van der Waals surface area contributed by atoms with Gasteiger partial charge in [0.1, 0.15) is 0 Å². The van der Waals surface area contributed by atoms with Crippen LogP contribution in [0.2, 0.25) is 0 Å². The van der Waals surface area contributed by atoms with E-state index < -0.39 is 0 Å². The minimum Gasteiger partial charge on any atom is -0.357 e. The highest BCUT2D eigenvalue weighted by atomic mass is 127. The number of hydrogen-bond acceptors (Lipinski definition) is 4. The van der Waals surface area contributed by atoms with Crippen LogP contribution in [0.25, 0.3) is 0 Å². The zero-order chi connectivity index (χ0) is 16.7. The summed E-state index contributed by atoms with van der Waals surface area (Å²) in [5.74, 6) is 1.76. The van der Waals surface area contributed by atoms with Crippen LogP contribution < -0.4 is 10.6 Å². The van der Waals surface area contributed by atoms with E-state index in [2.05, 4.69) is 48.5 Å². The Labute approximate surface area is 167 Å². The highest BCUT2D eigenvalue weighted by Gasteiger charge is 2.32. The Bertz CT molecular complexity index is 497. The van der Waals surface area contributed by atoms with Crippen LogP contribution in [-0.2, 0) is 12.8 Å². The maximum absolute atomic E-state index is 4.78. The van der Waals surface area contributed by atoms with E-state index in [-0.39, 0.29) is 24.0 Å². The molecule has 0 radical (unpaired) electrons. The number of halogens is 1. The lowest BCUT2D eigenvalue weighted by atomic mass is 10.2. The van der Waals surface area contributed by atoms with Crippen LogP contribution in [0.3, 0.4) is 0 Å². The Morgan fingerprint density at radius 1 is 1.38 bits per heavy atom. The fraction of sp³-hybridized carbons (Fsp3) is 0.765. The van der Waals surface area contributed by atoms with Gasteiger partial charge in [-0.25, -0.2) is 4.98 Å². The van der Waals surface area contributed by atoms with Gasteiger partial charge in [-0.3, -0.25) is 4.99 Å². The maximum atomic E-state index is 4.78. The number of hydrogen-bond donors (Lipinski definition) is 2. The second kappa shape index (κ2) is 11.3. The lowest BCUT2D eigenvalue weighted by Crippen LogP contribution is -2.40. The van der Waals surface area contributed by atoms with Crippen LogP contribution in [0.5, 0.6) is 0 Å². The number of aromatic nitrogens is 1. The molecular formula is C17H32IN5S. The normalized spacial score (nSPS) is 16.0. The first kappa shape index (κ1) is 21.6. The predicted molar refractivity (Wildman–Crippen MR) is 115 cm³/mol. The number of nitrogens with zero attached hydrogens (tertiary/aromatic N) is 3. The zero-order valence-corrected chi connectivity index (χ0v) is 18.5. The summed E-state index contributed by atoms with van der Waals surface area (Å²) >= 11 is 1.81. The molecule has 2 rings (SSSR count). The smallest absolute Gasteiger partial charge is 0.191 e. The quantitative estimate of drug-likeness (QED) is 0.335. The number of nitrogens with one attached hydrogen (secondary N) is 2. The van der Waals surface area contributed by atoms with Crippen molar-refractivity contribution in [3.05, 3.63) is 16.1 Å². The predicted octanol–water partition coefficient (Wildman–Crippen LogP) is 2.76. The standard InChI is InChI=1S/C17H31N5S.HI/c1-5-14-11-20-16(23-14)9-10-19-17(18-6-2)21-12-15(22(3)4)13-7-8-13;/h11,13,15H,5-10,12H2,1-4H3,(H2,18,19,21);1H. The van der Waals surface area contributed by atoms with Crippen molar-refractivity contribution >= 4 is 41.3 Å². The summed E-state index contributed by atoms with van der Waals surface area (Å²) in [7, 11) is 4.32. The first-order valence-corrected chi connectivity index (χ1v) is 9.57. The fourth-order valence-electron chi connectivity index (χ4n) is 2.66. The SMILES string of the molecule is CCNC(=NCC(C1CC1)N(C)C)NCCc1ncc(CC)s1.I. The summed E-state index contributed by atoms with van der Waals surface area (Å²) < 4.78 is 0. The van der Waals surface area contributed by atoms with Crippen LogP contribution in [0.15, 0.2) is 11.2 Å². The zero-order valence-electron chi connectivity index (χ0n) is 15.3. The monoisotopic (exact) mass is 465 g/mol. The molecule has 7 heteroatoms. The lowest BCUT2D eigenvalue weighted by molar-refractivity contribution is 0.271. The molecule has 1 aliphatic rings. The van der Waals surface area contributed by atoms with Crippen LogP contribution in [0.4, 0.5) is 0 Å². The molecule has 1 unspecified atom stereocenters. The van der Waals surface area contributed by atoms with Gasteiger partial charge >= 0.3 is 0 Å². The molecule has 1 aliphatic carbocycles. The van der Waals surface area contributed by atoms with Gasteiger partial charge in [0, 0.05) is 36.6 Å². The van der Waals surface area contributed by atoms with Gasteiger partial charge in [-0.1, -0.05) is 6.92 Å². The van der Waals surface area contributed by atoms with Crippen molar-refractivity contribution in [1.29, 1.82) is 0 Å². The van der Waals surface area contributed by atoms with Crippen molar-refractivity contribution in [2.24, 2.45) is 10.9 Å². The van der Waals surface area contributed by atoms with Gasteiger partial charge in [0.15, 0.2) is 5.96 Å². The Kier molecular flexibility index (Phi) is 10.1. The Morgan fingerprint density at radius 2 is 2.12 bits per heavy atom. The van der Waals surface area contributed by atoms with E-state index in [0.717, 1.165) is 44.4 Å². The van der Waals surface area contributed by atoms with Gasteiger partial charge in [-0.2, -0.15) is 0 Å². The van der Waals surface area contributed by atoms with E-state index >= 15 is 0 Å². The third-order valence-electron chi connectivity index (χ3n) is 4.19. The van der Waals surface area contributed by atoms with E-state index in [1.165, 1.54) is 22.7 Å². The lowest BCUT2D eigenvalue weighted by Gasteiger charge is -2.22. The number of aryl methyl sites for hydroxylation is 1. The van der Waals surface area contributed by atoms with Crippen molar-refractivity contribution in [2.75, 3.05) is 33.7 Å². The molecule has 24 heavy (non-hydrogen) atoms. The molecule has 1 fully saturated rings. The van der Waals surface area contributed by atoms with Crippen molar-refractivity contribution in [1.82, 2.24) is 20.5 Å². The number of rotatable bonds is 9. The van der Waals surface area contributed by atoms with Gasteiger partial charge in [0.2, 0.25) is 0 Å². The van der Waals surface area contributed by atoms with E-state index in [1.54, 1.807) is 0 Å². The number of guanidine groups is 1. The van der Waals surface area contributed by atoms with Crippen molar-refractivity contribution in [3.8, 4) is 0 Å². The van der Waals surface area contributed by atoms with Gasteiger partial charge in [0.25, 0.3) is 0 Å². The largest absolute Gasteiger partial charge is 0.357 e.